The quantitative estimate of drug-likeness (QED) is 0.643. The van der Waals surface area contributed by atoms with Crippen molar-refractivity contribution in [3.8, 4) is 11.3 Å². The predicted octanol–water partition coefficient (Wildman–Crippen LogP) is 4.91. The molecule has 6 nitrogen and oxygen atoms in total. The minimum Gasteiger partial charge on any atom is -0.309 e. The number of hydrogen-bond donors (Lipinski definition) is 2. The molecule has 2 atom stereocenters. The number of nitrogens with one attached hydrogen (secondary N) is 2. The monoisotopic (exact) mass is 399 g/mol. The van der Waals surface area contributed by atoms with Crippen LogP contribution in [0.2, 0.25) is 0 Å². The third-order valence-electron chi connectivity index (χ3n) is 5.53. The Balaban J connectivity index is 1.45. The molecule has 4 heterocycles. The highest BCUT2D eigenvalue weighted by atomic mass is 19.4. The number of hydrogen-bond acceptors (Lipinski definition) is 3. The van der Waals surface area contributed by atoms with Crippen molar-refractivity contribution >= 4 is 11.7 Å². The number of rotatable bonds is 2. The van der Waals surface area contributed by atoms with E-state index in [1.54, 1.807) is 11.1 Å². The van der Waals surface area contributed by atoms with E-state index in [2.05, 4.69) is 20.5 Å². The highest BCUT2D eigenvalue weighted by Crippen LogP contribution is 2.52. The Hall–Kier alpha value is -3.36. The second-order valence-corrected chi connectivity index (χ2v) is 7.15. The molecule has 2 aliphatic rings. The summed E-state index contributed by atoms with van der Waals surface area (Å²) >= 11 is 0. The molecular weight excluding hydrogens is 383 g/mol. The minimum atomic E-state index is -4.52. The van der Waals surface area contributed by atoms with E-state index < -0.39 is 11.7 Å². The summed E-state index contributed by atoms with van der Waals surface area (Å²) in [5.41, 5.74) is 1.61. The summed E-state index contributed by atoms with van der Waals surface area (Å²) in [5.74, 6) is 0. The fourth-order valence-electron chi connectivity index (χ4n) is 4.34. The van der Waals surface area contributed by atoms with Gasteiger partial charge >= 0.3 is 12.2 Å². The molecule has 3 aromatic rings. The van der Waals surface area contributed by atoms with Crippen molar-refractivity contribution in [2.24, 2.45) is 0 Å². The third kappa shape index (κ3) is 2.84. The van der Waals surface area contributed by atoms with E-state index >= 15 is 0 Å². The van der Waals surface area contributed by atoms with Crippen molar-refractivity contribution in [2.75, 3.05) is 5.32 Å². The number of halogens is 3. The summed E-state index contributed by atoms with van der Waals surface area (Å²) in [5, 5.41) is 9.05. The number of aromatic nitrogens is 3. The lowest BCUT2D eigenvalue weighted by Gasteiger charge is -2.23. The number of fused-ring (bicyclic) bond motifs is 5. The number of carbonyl (C=O) groups excluding carboxylic acids is 1. The minimum absolute atomic E-state index is 0.0507. The Bertz CT molecular complexity index is 1050. The number of aromatic amines is 1. The lowest BCUT2D eigenvalue weighted by atomic mass is 9.96. The number of benzene rings is 1. The molecule has 0 spiro atoms. The summed E-state index contributed by atoms with van der Waals surface area (Å²) < 4.78 is 40.2. The maximum atomic E-state index is 13.4. The Labute approximate surface area is 163 Å². The van der Waals surface area contributed by atoms with Gasteiger partial charge < -0.3 is 10.2 Å². The Morgan fingerprint density at radius 1 is 1.14 bits per heavy atom. The van der Waals surface area contributed by atoms with E-state index in [-0.39, 0.29) is 35.1 Å². The zero-order chi connectivity index (χ0) is 20.2. The van der Waals surface area contributed by atoms with Crippen LogP contribution in [0.25, 0.3) is 11.3 Å². The van der Waals surface area contributed by atoms with Gasteiger partial charge in [-0.1, -0.05) is 6.07 Å². The Morgan fingerprint density at radius 2 is 1.97 bits per heavy atom. The standard InChI is InChI=1S/C20H16F3N5O/c21-20(22,23)14-4-3-11(10-13(14)15-7-9-25-27-15)26-19(29)28-16-5-6-17(28)18-12(16)2-1-8-24-18/h1-4,7-10,16-17H,5-6H2,(H,25,27)(H,26,29)/t16-,17+/m0/s1. The van der Waals surface area contributed by atoms with Crippen LogP contribution in [-0.2, 0) is 6.18 Å². The van der Waals surface area contributed by atoms with Gasteiger partial charge in [-0.25, -0.2) is 4.79 Å². The summed E-state index contributed by atoms with van der Waals surface area (Å²) in [6, 6.07) is 8.35. The van der Waals surface area contributed by atoms with E-state index in [9.17, 15) is 18.0 Å². The number of amides is 2. The van der Waals surface area contributed by atoms with Gasteiger partial charge in [-0.15, -0.1) is 0 Å². The summed E-state index contributed by atoms with van der Waals surface area (Å²) in [6.07, 6.45) is 0.247. The SMILES string of the molecule is O=C(Nc1ccc(C(F)(F)F)c(-c2ccn[nH]2)c1)N1[C@@H]2CC[C@H]1c1cccnc12. The van der Waals surface area contributed by atoms with Crippen molar-refractivity contribution in [3.05, 3.63) is 65.6 Å². The van der Waals surface area contributed by atoms with Crippen molar-refractivity contribution in [1.82, 2.24) is 20.1 Å². The maximum absolute atomic E-state index is 13.4. The van der Waals surface area contributed by atoms with Gasteiger partial charge in [0.2, 0.25) is 0 Å². The van der Waals surface area contributed by atoms with Crippen LogP contribution in [0.4, 0.5) is 23.7 Å². The van der Waals surface area contributed by atoms with Crippen molar-refractivity contribution < 1.29 is 18.0 Å². The number of carbonyl (C=O) groups is 1. The lowest BCUT2D eigenvalue weighted by Crippen LogP contribution is -2.32. The molecule has 148 valence electrons. The highest BCUT2D eigenvalue weighted by molar-refractivity contribution is 5.91. The fourth-order valence-corrected chi connectivity index (χ4v) is 4.34. The molecule has 9 heteroatoms. The van der Waals surface area contributed by atoms with Gasteiger partial charge in [0.1, 0.15) is 0 Å². The van der Waals surface area contributed by atoms with Crippen LogP contribution in [0, 0.1) is 0 Å². The first-order valence-electron chi connectivity index (χ1n) is 9.18. The topological polar surface area (TPSA) is 73.9 Å². The summed E-state index contributed by atoms with van der Waals surface area (Å²) in [4.78, 5) is 19.1. The smallest absolute Gasteiger partial charge is 0.309 e. The second kappa shape index (κ2) is 6.33. The first kappa shape index (κ1) is 17.7. The van der Waals surface area contributed by atoms with Crippen LogP contribution in [0.5, 0.6) is 0 Å². The van der Waals surface area contributed by atoms with Gasteiger partial charge in [-0.3, -0.25) is 10.1 Å². The lowest BCUT2D eigenvalue weighted by molar-refractivity contribution is -0.137. The first-order chi connectivity index (χ1) is 13.9. The molecule has 0 radical (unpaired) electrons. The van der Waals surface area contributed by atoms with Crippen molar-refractivity contribution in [2.45, 2.75) is 31.1 Å². The molecule has 5 rings (SSSR count). The van der Waals surface area contributed by atoms with E-state index in [0.29, 0.717) is 0 Å². The molecule has 2 amide bonds. The zero-order valence-electron chi connectivity index (χ0n) is 15.1. The van der Waals surface area contributed by atoms with Crippen LogP contribution in [-0.4, -0.2) is 26.1 Å². The van der Waals surface area contributed by atoms with Gasteiger partial charge in [-0.05, 0) is 48.7 Å². The third-order valence-corrected chi connectivity index (χ3v) is 5.53. The number of alkyl halides is 3. The molecule has 1 saturated heterocycles. The normalized spacial score (nSPS) is 20.0. The molecule has 29 heavy (non-hydrogen) atoms. The summed E-state index contributed by atoms with van der Waals surface area (Å²) in [6.45, 7) is 0. The second-order valence-electron chi connectivity index (χ2n) is 7.15. The molecule has 1 aromatic carbocycles. The first-order valence-corrected chi connectivity index (χ1v) is 9.18. The van der Waals surface area contributed by atoms with Crippen molar-refractivity contribution in [1.29, 1.82) is 0 Å². The van der Waals surface area contributed by atoms with E-state index in [1.807, 2.05) is 12.1 Å². The Morgan fingerprint density at radius 3 is 2.69 bits per heavy atom. The molecule has 0 aliphatic carbocycles. The zero-order valence-corrected chi connectivity index (χ0v) is 15.1. The average molecular weight is 399 g/mol. The van der Waals surface area contributed by atoms with Gasteiger partial charge in [-0.2, -0.15) is 18.3 Å². The number of H-pyrrole nitrogens is 1. The number of pyridine rings is 1. The average Bonchev–Trinajstić information content (AvgIpc) is 3.43. The van der Waals surface area contributed by atoms with Gasteiger partial charge in [0.25, 0.3) is 0 Å². The number of urea groups is 1. The number of nitrogens with zero attached hydrogens (tertiary/aromatic N) is 3. The van der Waals surface area contributed by atoms with Crippen molar-refractivity contribution in [3.63, 3.8) is 0 Å². The molecule has 0 saturated carbocycles. The van der Waals surface area contributed by atoms with Gasteiger partial charge in [0.05, 0.1) is 29.0 Å². The molecule has 1 fully saturated rings. The Kier molecular flexibility index (Phi) is 3.87. The van der Waals surface area contributed by atoms with Crippen LogP contribution in [0.15, 0.2) is 48.8 Å². The summed E-state index contributed by atoms with van der Waals surface area (Å²) in [7, 11) is 0. The number of anilines is 1. The van der Waals surface area contributed by atoms with Gasteiger partial charge in [0.15, 0.2) is 0 Å². The van der Waals surface area contributed by atoms with E-state index in [4.69, 9.17) is 0 Å². The molecule has 2 aliphatic heterocycles. The van der Waals surface area contributed by atoms with E-state index in [1.165, 1.54) is 24.4 Å². The maximum Gasteiger partial charge on any atom is 0.417 e. The van der Waals surface area contributed by atoms with Gasteiger partial charge in [0, 0.05) is 23.6 Å². The molecule has 2 aromatic heterocycles. The molecule has 2 bridgehead atoms. The largest absolute Gasteiger partial charge is 0.417 e. The highest BCUT2D eigenvalue weighted by Gasteiger charge is 2.47. The molecule has 2 N–H and O–H groups in total. The van der Waals surface area contributed by atoms with Crippen LogP contribution >= 0.6 is 0 Å². The molecule has 0 unspecified atom stereocenters. The predicted molar refractivity (Wildman–Crippen MR) is 98.8 cm³/mol. The van der Waals surface area contributed by atoms with Crippen LogP contribution < -0.4 is 5.32 Å². The van der Waals surface area contributed by atoms with Crippen LogP contribution in [0.1, 0.15) is 41.7 Å². The fraction of sp³-hybridized carbons (Fsp3) is 0.250. The van der Waals surface area contributed by atoms with E-state index in [0.717, 1.165) is 30.2 Å². The molecular formula is C20H16F3N5O. The van der Waals surface area contributed by atoms with Crippen LogP contribution in [0.3, 0.4) is 0 Å².